The highest BCUT2D eigenvalue weighted by atomic mass is 15.2. The number of aryl methyl sites for hydroxylation is 4. The molecule has 4 heteroatoms. The van der Waals surface area contributed by atoms with Gasteiger partial charge in [-0.25, -0.2) is 0 Å². The topological polar surface area (TPSA) is 9.72 Å². The number of nitrogens with zero attached hydrogens (tertiary/aromatic N) is 3. The number of hydrogen-bond donors (Lipinski definition) is 0. The lowest BCUT2D eigenvalue weighted by atomic mass is 9.33. The number of hydrogen-bond acceptors (Lipinski definition) is 3. The normalized spacial score (nSPS) is 15.5. The zero-order valence-electron chi connectivity index (χ0n) is 48.8. The van der Waals surface area contributed by atoms with Crippen LogP contribution in [0.1, 0.15) is 153 Å². The molecule has 3 nitrogen and oxygen atoms in total. The van der Waals surface area contributed by atoms with Gasteiger partial charge in [0.25, 0.3) is 6.71 Å². The van der Waals surface area contributed by atoms with Gasteiger partial charge in [0, 0.05) is 39.7 Å². The number of rotatable bonds is 6. The first-order valence-corrected chi connectivity index (χ1v) is 28.1. The molecule has 0 fully saturated rings. The molecule has 0 saturated carbocycles. The van der Waals surface area contributed by atoms with Crippen LogP contribution in [-0.2, 0) is 27.1 Å². The lowest BCUT2D eigenvalue weighted by Gasteiger charge is -2.48. The fourth-order valence-electron chi connectivity index (χ4n) is 13.1. The molecule has 0 unspecified atom stereocenters. The minimum absolute atomic E-state index is 0.0102. The Morgan fingerprint density at radius 2 is 0.908 bits per heavy atom. The molecule has 386 valence electrons. The molecule has 0 spiro atoms. The molecule has 3 aliphatic rings. The van der Waals surface area contributed by atoms with Crippen molar-refractivity contribution in [3.8, 4) is 11.1 Å². The van der Waals surface area contributed by atoms with Crippen molar-refractivity contribution >= 4 is 74.3 Å². The van der Waals surface area contributed by atoms with Gasteiger partial charge in [0.2, 0.25) is 0 Å². The molecule has 0 aromatic heterocycles. The second-order valence-electron chi connectivity index (χ2n) is 27.2. The third-order valence-corrected chi connectivity index (χ3v) is 17.6. The van der Waals surface area contributed by atoms with Crippen molar-refractivity contribution in [2.75, 3.05) is 14.7 Å². The maximum absolute atomic E-state index is 2.70. The predicted octanol–water partition coefficient (Wildman–Crippen LogP) is 18.4. The van der Waals surface area contributed by atoms with Crippen LogP contribution in [0.2, 0.25) is 0 Å². The Morgan fingerprint density at radius 1 is 0.421 bits per heavy atom. The van der Waals surface area contributed by atoms with Crippen molar-refractivity contribution in [3.63, 3.8) is 0 Å². The molecular formula is C72H80BN3. The highest BCUT2D eigenvalue weighted by Crippen LogP contribution is 2.53. The van der Waals surface area contributed by atoms with Gasteiger partial charge in [-0.1, -0.05) is 193 Å². The van der Waals surface area contributed by atoms with E-state index in [2.05, 4.69) is 284 Å². The summed E-state index contributed by atoms with van der Waals surface area (Å²) in [6.45, 7) is 40.3. The summed E-state index contributed by atoms with van der Waals surface area (Å²) in [5.41, 5.74) is 29.5. The molecular weight excluding hydrogens is 918 g/mol. The fraction of sp³-hybridized carbons (Fsp3) is 0.333. The molecule has 11 rings (SSSR count). The third-order valence-electron chi connectivity index (χ3n) is 17.6. The zero-order valence-corrected chi connectivity index (χ0v) is 48.8. The summed E-state index contributed by atoms with van der Waals surface area (Å²) < 4.78 is 0. The Bertz CT molecular complexity index is 3550. The summed E-state index contributed by atoms with van der Waals surface area (Å²) in [5, 5.41) is 0. The van der Waals surface area contributed by atoms with Gasteiger partial charge in [0.15, 0.2) is 0 Å². The van der Waals surface area contributed by atoms with Gasteiger partial charge in [0.05, 0.1) is 17.1 Å². The fourth-order valence-corrected chi connectivity index (χ4v) is 13.1. The average Bonchev–Trinajstić information content (AvgIpc) is 3.52. The van der Waals surface area contributed by atoms with Gasteiger partial charge >= 0.3 is 0 Å². The van der Waals surface area contributed by atoms with E-state index in [0.717, 1.165) is 29.9 Å². The van der Waals surface area contributed by atoms with E-state index in [-0.39, 0.29) is 33.8 Å². The first kappa shape index (κ1) is 51.3. The standard InChI is InChI=1S/C72H80BN3/c1-45-24-23-25-46(2)66(45)76-62-44-57-56(71(14,15)36-37-72(57,16)17)43-59(62)73-58-35-34-54(74(53-32-30-50(31-33-53)68(5,6)7)60-29-22-21-28-55(60)49-26-19-18-20-27-49)42-61(58)75(63-40-52(70(11,12)13)41-64(76)65(63)73)67-47(3)38-51(39-48(67)4)69(8,9)10/h18-35,38-44H,36-37H2,1-17H3. The molecule has 0 atom stereocenters. The van der Waals surface area contributed by atoms with Crippen LogP contribution in [-0.4, -0.2) is 6.71 Å². The van der Waals surface area contributed by atoms with Crippen LogP contribution >= 0.6 is 0 Å². The second-order valence-corrected chi connectivity index (χ2v) is 27.2. The van der Waals surface area contributed by atoms with Gasteiger partial charge in [-0.2, -0.15) is 0 Å². The Labute approximate surface area is 457 Å². The van der Waals surface area contributed by atoms with Crippen molar-refractivity contribution in [3.05, 3.63) is 202 Å². The van der Waals surface area contributed by atoms with Crippen LogP contribution in [0.5, 0.6) is 0 Å². The van der Waals surface area contributed by atoms with Gasteiger partial charge in [-0.05, 0) is 188 Å². The van der Waals surface area contributed by atoms with Crippen LogP contribution in [0.25, 0.3) is 11.1 Å². The molecule has 8 aromatic rings. The quantitative estimate of drug-likeness (QED) is 0.154. The molecule has 0 N–H and O–H groups in total. The largest absolute Gasteiger partial charge is 0.311 e. The Morgan fingerprint density at radius 3 is 1.47 bits per heavy atom. The maximum atomic E-state index is 2.70. The minimum atomic E-state index is -0.152. The summed E-state index contributed by atoms with van der Waals surface area (Å²) in [5.74, 6) is 0. The van der Waals surface area contributed by atoms with Crippen molar-refractivity contribution in [2.45, 2.75) is 158 Å². The van der Waals surface area contributed by atoms with Crippen LogP contribution in [0, 0.1) is 27.7 Å². The number of anilines is 9. The number of fused-ring (bicyclic) bond motifs is 5. The zero-order chi connectivity index (χ0) is 54.2. The molecule has 76 heavy (non-hydrogen) atoms. The van der Waals surface area contributed by atoms with Crippen molar-refractivity contribution < 1.29 is 0 Å². The molecule has 8 aromatic carbocycles. The van der Waals surface area contributed by atoms with Crippen molar-refractivity contribution in [1.82, 2.24) is 0 Å². The average molecular weight is 998 g/mol. The molecule has 2 aliphatic heterocycles. The molecule has 2 heterocycles. The summed E-state index contributed by atoms with van der Waals surface area (Å²) >= 11 is 0. The van der Waals surface area contributed by atoms with Crippen LogP contribution in [0.3, 0.4) is 0 Å². The second kappa shape index (κ2) is 17.9. The summed E-state index contributed by atoms with van der Waals surface area (Å²) in [6.07, 6.45) is 2.31. The first-order valence-electron chi connectivity index (χ1n) is 28.1. The highest BCUT2D eigenvalue weighted by molar-refractivity contribution is 7.00. The van der Waals surface area contributed by atoms with Gasteiger partial charge in [-0.3, -0.25) is 0 Å². The smallest absolute Gasteiger partial charge is 0.252 e. The maximum Gasteiger partial charge on any atom is 0.252 e. The lowest BCUT2D eigenvalue weighted by Crippen LogP contribution is -2.62. The lowest BCUT2D eigenvalue weighted by molar-refractivity contribution is 0.332. The van der Waals surface area contributed by atoms with Gasteiger partial charge in [0.1, 0.15) is 0 Å². The number of benzene rings is 8. The van der Waals surface area contributed by atoms with E-state index in [0.29, 0.717) is 0 Å². The van der Waals surface area contributed by atoms with E-state index in [1.165, 1.54) is 112 Å². The minimum Gasteiger partial charge on any atom is -0.311 e. The Balaban J connectivity index is 1.29. The Hall–Kier alpha value is -6.78. The monoisotopic (exact) mass is 998 g/mol. The van der Waals surface area contributed by atoms with Crippen LogP contribution in [0.4, 0.5) is 51.2 Å². The number of para-hydroxylation sites is 2. The van der Waals surface area contributed by atoms with Crippen LogP contribution in [0.15, 0.2) is 152 Å². The van der Waals surface area contributed by atoms with Gasteiger partial charge in [-0.15, -0.1) is 0 Å². The van der Waals surface area contributed by atoms with E-state index in [4.69, 9.17) is 0 Å². The van der Waals surface area contributed by atoms with Crippen molar-refractivity contribution in [2.24, 2.45) is 0 Å². The van der Waals surface area contributed by atoms with Crippen molar-refractivity contribution in [1.29, 1.82) is 0 Å². The molecule has 0 saturated heterocycles. The molecule has 0 bridgehead atoms. The highest BCUT2D eigenvalue weighted by Gasteiger charge is 2.48. The van der Waals surface area contributed by atoms with E-state index in [1.807, 2.05) is 0 Å². The summed E-state index contributed by atoms with van der Waals surface area (Å²) in [6, 6.07) is 58.9. The summed E-state index contributed by atoms with van der Waals surface area (Å²) in [7, 11) is 0. The SMILES string of the molecule is Cc1cc(C(C)(C)C)cc(C)c1N1c2cc(N(c3ccc(C(C)(C)C)cc3)c3ccccc3-c3ccccc3)ccc2B2c3cc4c(cc3N(c3c(C)cccc3C)c3cc(C(C)(C)C)cc1c32)C(C)(C)CCC4(C)C. The van der Waals surface area contributed by atoms with E-state index < -0.39 is 0 Å². The van der Waals surface area contributed by atoms with E-state index >= 15 is 0 Å². The molecule has 0 radical (unpaired) electrons. The molecule has 0 amide bonds. The van der Waals surface area contributed by atoms with Gasteiger partial charge < -0.3 is 14.7 Å². The molecule has 1 aliphatic carbocycles. The Kier molecular flexibility index (Phi) is 12.1. The van der Waals surface area contributed by atoms with E-state index in [1.54, 1.807) is 0 Å². The third kappa shape index (κ3) is 8.50. The first-order chi connectivity index (χ1) is 35.7. The summed E-state index contributed by atoms with van der Waals surface area (Å²) in [4.78, 5) is 7.91. The van der Waals surface area contributed by atoms with E-state index in [9.17, 15) is 0 Å². The predicted molar refractivity (Wildman–Crippen MR) is 331 cm³/mol. The van der Waals surface area contributed by atoms with Crippen LogP contribution < -0.4 is 31.1 Å².